The fraction of sp³-hybridized carbons (Fsp3) is 0.583. The summed E-state index contributed by atoms with van der Waals surface area (Å²) in [4.78, 5) is 14.3. The van der Waals surface area contributed by atoms with E-state index in [2.05, 4.69) is 18.8 Å². The van der Waals surface area contributed by atoms with E-state index in [-0.39, 0.29) is 5.56 Å². The topological polar surface area (TPSA) is 32.9 Å². The third-order valence-corrected chi connectivity index (χ3v) is 4.13. The van der Waals surface area contributed by atoms with Crippen molar-refractivity contribution in [1.82, 2.24) is 4.98 Å². The molecule has 1 saturated carbocycles. The summed E-state index contributed by atoms with van der Waals surface area (Å²) >= 11 is 0. The predicted molar refractivity (Wildman–Crippen MR) is 55.4 cm³/mol. The van der Waals surface area contributed by atoms with Gasteiger partial charge < -0.3 is 4.98 Å². The summed E-state index contributed by atoms with van der Waals surface area (Å²) < 4.78 is 0. The first-order valence-electron chi connectivity index (χ1n) is 5.33. The molecule has 0 radical (unpaired) electrons. The molecule has 14 heavy (non-hydrogen) atoms. The van der Waals surface area contributed by atoms with Crippen molar-refractivity contribution in [2.24, 2.45) is 11.3 Å². The van der Waals surface area contributed by atoms with Gasteiger partial charge in [0.2, 0.25) is 5.56 Å². The number of aromatic nitrogens is 1. The fourth-order valence-electron chi connectivity index (χ4n) is 3.18. The molecule has 74 valence electrons. The molecule has 0 amide bonds. The van der Waals surface area contributed by atoms with Crippen LogP contribution in [0.2, 0.25) is 0 Å². The molecule has 0 aromatic carbocycles. The molecule has 1 aromatic heterocycles. The first-order chi connectivity index (χ1) is 6.60. The number of aromatic amines is 1. The van der Waals surface area contributed by atoms with Gasteiger partial charge in [-0.05, 0) is 29.7 Å². The van der Waals surface area contributed by atoms with Gasteiger partial charge in [-0.2, -0.15) is 0 Å². The lowest BCUT2D eigenvalue weighted by atomic mass is 9.96. The molecule has 2 atom stereocenters. The number of hydrogen-bond donors (Lipinski definition) is 1. The van der Waals surface area contributed by atoms with Gasteiger partial charge in [-0.3, -0.25) is 4.79 Å². The van der Waals surface area contributed by atoms with E-state index in [4.69, 9.17) is 0 Å². The Morgan fingerprint density at radius 3 is 3.00 bits per heavy atom. The second kappa shape index (κ2) is 2.30. The van der Waals surface area contributed by atoms with Gasteiger partial charge in [0.1, 0.15) is 0 Å². The van der Waals surface area contributed by atoms with E-state index in [0.29, 0.717) is 11.3 Å². The first kappa shape index (κ1) is 8.27. The average molecular weight is 189 g/mol. The Balaban J connectivity index is 2.15. The maximum absolute atomic E-state index is 11.3. The van der Waals surface area contributed by atoms with Crippen LogP contribution in [0.4, 0.5) is 0 Å². The third kappa shape index (κ3) is 0.887. The smallest absolute Gasteiger partial charge is 0.248 e. The SMILES string of the molecule is CC1(C)[C@@H]2CCc3ccc(=O)[nH]c3[C@@H]21. The Hall–Kier alpha value is -1.05. The summed E-state index contributed by atoms with van der Waals surface area (Å²) in [5.74, 6) is 1.41. The molecule has 1 N–H and O–H groups in total. The quantitative estimate of drug-likeness (QED) is 0.665. The van der Waals surface area contributed by atoms with Crippen molar-refractivity contribution in [2.75, 3.05) is 0 Å². The Bertz CT molecular complexity index is 444. The molecule has 1 heterocycles. The van der Waals surface area contributed by atoms with Crippen LogP contribution >= 0.6 is 0 Å². The Morgan fingerprint density at radius 1 is 1.43 bits per heavy atom. The zero-order valence-electron chi connectivity index (χ0n) is 8.63. The Kier molecular flexibility index (Phi) is 1.36. The summed E-state index contributed by atoms with van der Waals surface area (Å²) in [6.45, 7) is 4.62. The minimum atomic E-state index is 0.0482. The standard InChI is InChI=1S/C12H15NO/c1-12(2)8-5-3-7-4-6-9(14)13-11(7)10(8)12/h4,6,8,10H,3,5H2,1-2H3,(H,13,14)/t8-,10-/m1/s1. The summed E-state index contributed by atoms with van der Waals surface area (Å²) in [5, 5.41) is 0. The van der Waals surface area contributed by atoms with E-state index in [9.17, 15) is 4.79 Å². The lowest BCUT2D eigenvalue weighted by molar-refractivity contribution is 0.535. The lowest BCUT2D eigenvalue weighted by Crippen LogP contribution is -2.12. The molecule has 2 nitrogen and oxygen atoms in total. The van der Waals surface area contributed by atoms with Crippen LogP contribution in [0.1, 0.15) is 37.4 Å². The molecule has 0 spiro atoms. The van der Waals surface area contributed by atoms with Crippen LogP contribution in [0.15, 0.2) is 16.9 Å². The molecule has 3 rings (SSSR count). The molecular weight excluding hydrogens is 174 g/mol. The van der Waals surface area contributed by atoms with Crippen LogP contribution in [-0.2, 0) is 6.42 Å². The molecule has 0 bridgehead atoms. The molecule has 2 aliphatic rings. The molecule has 1 fully saturated rings. The number of aryl methyl sites for hydroxylation is 1. The highest BCUT2D eigenvalue weighted by molar-refractivity contribution is 5.36. The molecular formula is C12H15NO. The molecule has 1 aromatic rings. The maximum Gasteiger partial charge on any atom is 0.248 e. The maximum atomic E-state index is 11.3. The van der Waals surface area contributed by atoms with Crippen molar-refractivity contribution >= 4 is 0 Å². The first-order valence-corrected chi connectivity index (χ1v) is 5.33. The normalized spacial score (nSPS) is 31.9. The monoisotopic (exact) mass is 189 g/mol. The van der Waals surface area contributed by atoms with Crippen molar-refractivity contribution in [1.29, 1.82) is 0 Å². The molecule has 0 saturated heterocycles. The average Bonchev–Trinajstić information content (AvgIpc) is 2.70. The minimum Gasteiger partial charge on any atom is -0.326 e. The second-order valence-electron chi connectivity index (χ2n) is 5.21. The van der Waals surface area contributed by atoms with E-state index in [0.717, 1.165) is 12.3 Å². The highest BCUT2D eigenvalue weighted by Gasteiger charge is 2.60. The largest absolute Gasteiger partial charge is 0.326 e. The fourth-order valence-corrected chi connectivity index (χ4v) is 3.18. The van der Waals surface area contributed by atoms with Crippen molar-refractivity contribution < 1.29 is 0 Å². The van der Waals surface area contributed by atoms with Gasteiger partial charge >= 0.3 is 0 Å². The van der Waals surface area contributed by atoms with Crippen LogP contribution < -0.4 is 5.56 Å². The van der Waals surface area contributed by atoms with Crippen LogP contribution in [0.3, 0.4) is 0 Å². The predicted octanol–water partition coefficient (Wildman–Crippen LogP) is 2.06. The molecule has 0 unspecified atom stereocenters. The summed E-state index contributed by atoms with van der Waals surface area (Å²) in [6.07, 6.45) is 2.42. The van der Waals surface area contributed by atoms with Gasteiger partial charge in [-0.1, -0.05) is 19.9 Å². The van der Waals surface area contributed by atoms with Crippen LogP contribution in [0.25, 0.3) is 0 Å². The number of rotatable bonds is 0. The van der Waals surface area contributed by atoms with E-state index in [1.165, 1.54) is 17.7 Å². The summed E-state index contributed by atoms with van der Waals surface area (Å²) in [7, 11) is 0. The van der Waals surface area contributed by atoms with Gasteiger partial charge in [0.25, 0.3) is 0 Å². The number of fused-ring (bicyclic) bond motifs is 3. The number of nitrogens with one attached hydrogen (secondary N) is 1. The zero-order valence-corrected chi connectivity index (χ0v) is 8.63. The van der Waals surface area contributed by atoms with E-state index < -0.39 is 0 Å². The van der Waals surface area contributed by atoms with Crippen LogP contribution in [0, 0.1) is 11.3 Å². The minimum absolute atomic E-state index is 0.0482. The van der Waals surface area contributed by atoms with Crippen molar-refractivity contribution in [3.63, 3.8) is 0 Å². The second-order valence-corrected chi connectivity index (χ2v) is 5.21. The Morgan fingerprint density at radius 2 is 2.21 bits per heavy atom. The number of hydrogen-bond acceptors (Lipinski definition) is 1. The highest BCUT2D eigenvalue weighted by atomic mass is 16.1. The van der Waals surface area contributed by atoms with Gasteiger partial charge in [-0.25, -0.2) is 0 Å². The third-order valence-electron chi connectivity index (χ3n) is 4.13. The van der Waals surface area contributed by atoms with E-state index in [1.54, 1.807) is 6.07 Å². The summed E-state index contributed by atoms with van der Waals surface area (Å²) in [5.41, 5.74) is 3.04. The van der Waals surface area contributed by atoms with Crippen LogP contribution in [-0.4, -0.2) is 4.98 Å². The van der Waals surface area contributed by atoms with Crippen LogP contribution in [0.5, 0.6) is 0 Å². The van der Waals surface area contributed by atoms with Crippen molar-refractivity contribution in [3.05, 3.63) is 33.7 Å². The lowest BCUT2D eigenvalue weighted by Gasteiger charge is -2.13. The van der Waals surface area contributed by atoms with E-state index >= 15 is 0 Å². The Labute approximate surface area is 83.4 Å². The molecule has 0 aliphatic heterocycles. The molecule has 2 heteroatoms. The van der Waals surface area contributed by atoms with Crippen molar-refractivity contribution in [2.45, 2.75) is 32.6 Å². The zero-order chi connectivity index (χ0) is 9.92. The number of pyridine rings is 1. The van der Waals surface area contributed by atoms with Gasteiger partial charge in [0.15, 0.2) is 0 Å². The molecule has 2 aliphatic carbocycles. The summed E-state index contributed by atoms with van der Waals surface area (Å²) in [6, 6.07) is 3.65. The highest BCUT2D eigenvalue weighted by Crippen LogP contribution is 2.67. The van der Waals surface area contributed by atoms with Crippen molar-refractivity contribution in [3.8, 4) is 0 Å². The number of H-pyrrole nitrogens is 1. The van der Waals surface area contributed by atoms with E-state index in [1.807, 2.05) is 6.07 Å². The van der Waals surface area contributed by atoms with Gasteiger partial charge in [0.05, 0.1) is 0 Å². The van der Waals surface area contributed by atoms with Gasteiger partial charge in [0, 0.05) is 17.7 Å². The van der Waals surface area contributed by atoms with Gasteiger partial charge in [-0.15, -0.1) is 0 Å².